The van der Waals surface area contributed by atoms with E-state index in [0.29, 0.717) is 5.69 Å². The Balaban J connectivity index is 2.31. The van der Waals surface area contributed by atoms with E-state index in [9.17, 15) is 13.2 Å². The van der Waals surface area contributed by atoms with Crippen molar-refractivity contribution in [2.24, 2.45) is 5.92 Å². The van der Waals surface area contributed by atoms with E-state index < -0.39 is 10.0 Å². The molecule has 0 aliphatic heterocycles. The molecule has 25 heavy (non-hydrogen) atoms. The van der Waals surface area contributed by atoms with Gasteiger partial charge < -0.3 is 5.32 Å². The van der Waals surface area contributed by atoms with Crippen molar-refractivity contribution in [1.82, 2.24) is 5.32 Å². The number of sulfonamides is 1. The fourth-order valence-electron chi connectivity index (χ4n) is 2.02. The lowest BCUT2D eigenvalue weighted by molar-refractivity contribution is 0.0930. The van der Waals surface area contributed by atoms with E-state index in [-0.39, 0.29) is 33.3 Å². The number of benzene rings is 2. The molecule has 2 N–H and O–H groups in total. The van der Waals surface area contributed by atoms with E-state index >= 15 is 0 Å². The average molecular weight is 381 g/mol. The smallest absolute Gasteiger partial charge is 0.263 e. The minimum Gasteiger partial charge on any atom is -0.349 e. The number of carbonyl (C=O) groups excluding carboxylic acids is 1. The molecule has 0 bridgehead atoms. The first kappa shape index (κ1) is 19.3. The van der Waals surface area contributed by atoms with Crippen LogP contribution in [-0.2, 0) is 10.0 Å². The summed E-state index contributed by atoms with van der Waals surface area (Å²) in [6, 6.07) is 12.7. The highest BCUT2D eigenvalue weighted by molar-refractivity contribution is 7.92. The van der Waals surface area contributed by atoms with Crippen molar-refractivity contribution in [1.29, 1.82) is 0 Å². The molecule has 0 saturated carbocycles. The Hall–Kier alpha value is -2.05. The summed E-state index contributed by atoms with van der Waals surface area (Å²) in [5, 5.41) is 2.90. The maximum absolute atomic E-state index is 12.6. The molecule has 2 aromatic rings. The maximum atomic E-state index is 12.6. The van der Waals surface area contributed by atoms with Crippen molar-refractivity contribution >= 4 is 33.2 Å². The predicted molar refractivity (Wildman–Crippen MR) is 100 cm³/mol. The van der Waals surface area contributed by atoms with Gasteiger partial charge in [-0.1, -0.05) is 43.6 Å². The van der Waals surface area contributed by atoms with Crippen LogP contribution in [0.3, 0.4) is 0 Å². The van der Waals surface area contributed by atoms with E-state index in [4.69, 9.17) is 11.6 Å². The summed E-state index contributed by atoms with van der Waals surface area (Å²) in [6.07, 6.45) is 0. The number of anilines is 1. The number of hydrogen-bond donors (Lipinski definition) is 2. The second kappa shape index (κ2) is 7.89. The highest BCUT2D eigenvalue weighted by Crippen LogP contribution is 2.25. The van der Waals surface area contributed by atoms with Gasteiger partial charge in [0.1, 0.15) is 4.90 Å². The standard InChI is InChI=1S/C18H21ClN2O3S/c1-12(2)13(3)20-18(22)14-9-10-16(19)17(11-14)25(23,24)21-15-7-5-4-6-8-15/h4-13,21H,1-3H3,(H,20,22)/t13-/m1/s1. The third kappa shape index (κ3) is 4.96. The molecule has 2 aromatic carbocycles. The van der Waals surface area contributed by atoms with Crippen LogP contribution in [0.2, 0.25) is 5.02 Å². The maximum Gasteiger partial charge on any atom is 0.263 e. The average Bonchev–Trinajstić information content (AvgIpc) is 2.55. The van der Waals surface area contributed by atoms with Crippen LogP contribution in [0.25, 0.3) is 0 Å². The summed E-state index contributed by atoms with van der Waals surface area (Å²) in [7, 11) is -3.91. The van der Waals surface area contributed by atoms with Crippen LogP contribution in [0.5, 0.6) is 0 Å². The van der Waals surface area contributed by atoms with Crippen LogP contribution in [0, 0.1) is 5.92 Å². The summed E-state index contributed by atoms with van der Waals surface area (Å²) in [4.78, 5) is 12.2. The zero-order valence-electron chi connectivity index (χ0n) is 14.3. The van der Waals surface area contributed by atoms with Gasteiger partial charge in [-0.15, -0.1) is 0 Å². The molecule has 2 rings (SSSR count). The van der Waals surface area contributed by atoms with Crippen molar-refractivity contribution in [3.63, 3.8) is 0 Å². The van der Waals surface area contributed by atoms with Crippen molar-refractivity contribution in [2.75, 3.05) is 4.72 Å². The quantitative estimate of drug-likeness (QED) is 0.797. The normalized spacial score (nSPS) is 12.7. The Labute approximate surface area is 153 Å². The fraction of sp³-hybridized carbons (Fsp3) is 0.278. The van der Waals surface area contributed by atoms with Gasteiger partial charge in [0.25, 0.3) is 15.9 Å². The van der Waals surface area contributed by atoms with Gasteiger partial charge >= 0.3 is 0 Å². The van der Waals surface area contributed by atoms with Gasteiger partial charge in [-0.2, -0.15) is 0 Å². The number of nitrogens with one attached hydrogen (secondary N) is 2. The molecule has 0 aromatic heterocycles. The van der Waals surface area contributed by atoms with Crippen LogP contribution >= 0.6 is 11.6 Å². The third-order valence-electron chi connectivity index (χ3n) is 3.87. The van der Waals surface area contributed by atoms with Gasteiger partial charge in [-0.25, -0.2) is 8.42 Å². The van der Waals surface area contributed by atoms with Crippen molar-refractivity contribution in [3.8, 4) is 0 Å². The monoisotopic (exact) mass is 380 g/mol. The van der Waals surface area contributed by atoms with Crippen LogP contribution in [0.15, 0.2) is 53.4 Å². The topological polar surface area (TPSA) is 75.3 Å². The Bertz CT molecular complexity index is 852. The van der Waals surface area contributed by atoms with Gasteiger partial charge in [-0.3, -0.25) is 9.52 Å². The summed E-state index contributed by atoms with van der Waals surface area (Å²) in [5.74, 6) is -0.0757. The molecule has 134 valence electrons. The lowest BCUT2D eigenvalue weighted by Gasteiger charge is -2.18. The molecule has 0 fully saturated rings. The summed E-state index contributed by atoms with van der Waals surface area (Å²) < 4.78 is 27.7. The van der Waals surface area contributed by atoms with E-state index in [1.807, 2.05) is 20.8 Å². The second-order valence-corrected chi connectivity index (χ2v) is 8.18. The predicted octanol–water partition coefficient (Wildman–Crippen LogP) is 3.92. The Morgan fingerprint density at radius 1 is 1.04 bits per heavy atom. The molecule has 7 heteroatoms. The first-order valence-corrected chi connectivity index (χ1v) is 9.75. The molecule has 0 aliphatic rings. The Kier molecular flexibility index (Phi) is 6.08. The van der Waals surface area contributed by atoms with Gasteiger partial charge in [-0.05, 0) is 43.2 Å². The van der Waals surface area contributed by atoms with Crippen molar-refractivity contribution in [2.45, 2.75) is 31.7 Å². The van der Waals surface area contributed by atoms with E-state index in [0.717, 1.165) is 0 Å². The van der Waals surface area contributed by atoms with E-state index in [1.165, 1.54) is 18.2 Å². The first-order valence-electron chi connectivity index (χ1n) is 7.89. The zero-order valence-corrected chi connectivity index (χ0v) is 15.9. The molecule has 5 nitrogen and oxygen atoms in total. The van der Waals surface area contributed by atoms with Crippen LogP contribution < -0.4 is 10.0 Å². The van der Waals surface area contributed by atoms with Crippen LogP contribution in [0.1, 0.15) is 31.1 Å². The molecule has 0 radical (unpaired) electrons. The van der Waals surface area contributed by atoms with E-state index in [1.54, 1.807) is 30.3 Å². The summed E-state index contributed by atoms with van der Waals surface area (Å²) in [5.41, 5.74) is 0.659. The van der Waals surface area contributed by atoms with Crippen LogP contribution in [-0.4, -0.2) is 20.4 Å². The van der Waals surface area contributed by atoms with Gasteiger partial charge in [0.05, 0.1) is 5.02 Å². The third-order valence-corrected chi connectivity index (χ3v) is 5.73. The molecular formula is C18H21ClN2O3S. The number of rotatable bonds is 6. The summed E-state index contributed by atoms with van der Waals surface area (Å²) in [6.45, 7) is 5.88. The Morgan fingerprint density at radius 2 is 1.68 bits per heavy atom. The number of amides is 1. The number of halogens is 1. The molecular weight excluding hydrogens is 360 g/mol. The molecule has 0 heterocycles. The van der Waals surface area contributed by atoms with Crippen molar-refractivity contribution < 1.29 is 13.2 Å². The number of para-hydroxylation sites is 1. The molecule has 0 unspecified atom stereocenters. The highest BCUT2D eigenvalue weighted by Gasteiger charge is 2.21. The fourth-order valence-corrected chi connectivity index (χ4v) is 3.61. The second-order valence-electron chi connectivity index (χ2n) is 6.12. The van der Waals surface area contributed by atoms with Gasteiger partial charge in [0.2, 0.25) is 0 Å². The molecule has 0 saturated heterocycles. The van der Waals surface area contributed by atoms with Crippen molar-refractivity contribution in [3.05, 3.63) is 59.1 Å². The summed E-state index contributed by atoms with van der Waals surface area (Å²) >= 11 is 6.06. The van der Waals surface area contributed by atoms with E-state index in [2.05, 4.69) is 10.0 Å². The van der Waals surface area contributed by atoms with Gasteiger partial charge in [0, 0.05) is 17.3 Å². The highest BCUT2D eigenvalue weighted by atomic mass is 35.5. The molecule has 1 amide bonds. The van der Waals surface area contributed by atoms with Gasteiger partial charge in [0.15, 0.2) is 0 Å². The minimum absolute atomic E-state index is 0.0364. The minimum atomic E-state index is -3.91. The molecule has 0 aliphatic carbocycles. The van der Waals surface area contributed by atoms with Crippen LogP contribution in [0.4, 0.5) is 5.69 Å². The molecule has 1 atom stereocenters. The number of hydrogen-bond acceptors (Lipinski definition) is 3. The lowest BCUT2D eigenvalue weighted by Crippen LogP contribution is -2.36. The zero-order chi connectivity index (χ0) is 18.6. The SMILES string of the molecule is CC(C)[C@@H](C)NC(=O)c1ccc(Cl)c(S(=O)(=O)Nc2ccccc2)c1. The first-order chi connectivity index (χ1) is 11.7. The number of carbonyl (C=O) groups is 1. The largest absolute Gasteiger partial charge is 0.349 e. The lowest BCUT2D eigenvalue weighted by atomic mass is 10.1. The molecule has 0 spiro atoms. The Morgan fingerprint density at radius 3 is 2.28 bits per heavy atom.